The molecule has 0 unspecified atom stereocenters. The Balaban J connectivity index is 2.25. The molecule has 3 heteroatoms. The van der Waals surface area contributed by atoms with Gasteiger partial charge in [-0.1, -0.05) is 11.5 Å². The average Bonchev–Trinajstić information content (AvgIpc) is 2.62. The van der Waals surface area contributed by atoms with Crippen LogP contribution in [0.1, 0.15) is 12.8 Å². The van der Waals surface area contributed by atoms with Gasteiger partial charge in [-0.3, -0.25) is 0 Å². The molecule has 0 amide bonds. The molecule has 0 atom stereocenters. The summed E-state index contributed by atoms with van der Waals surface area (Å²) in [4.78, 5) is 2.24. The van der Waals surface area contributed by atoms with E-state index in [1.54, 1.807) is 13.9 Å². The summed E-state index contributed by atoms with van der Waals surface area (Å²) in [6.07, 6.45) is 2.46. The molecule has 1 saturated heterocycles. The summed E-state index contributed by atoms with van der Waals surface area (Å²) in [5.74, 6) is -0.0931. The average molecular weight is 177 g/mol. The highest BCUT2D eigenvalue weighted by atomic mass is 19.1. The molecular weight excluding hydrogens is 164 g/mol. The van der Waals surface area contributed by atoms with Crippen molar-refractivity contribution in [1.82, 2.24) is 0 Å². The molecule has 1 aliphatic heterocycles. The van der Waals surface area contributed by atoms with E-state index < -0.39 is 0 Å². The van der Waals surface area contributed by atoms with Crippen LogP contribution in [0.25, 0.3) is 0 Å². The fourth-order valence-corrected chi connectivity index (χ4v) is 1.75. The first-order chi connectivity index (χ1) is 6.27. The Kier molecular flexibility index (Phi) is 2.25. The van der Waals surface area contributed by atoms with Gasteiger partial charge in [-0.05, 0) is 25.0 Å². The van der Waals surface area contributed by atoms with Crippen LogP contribution in [0.4, 0.5) is 10.1 Å². The van der Waals surface area contributed by atoms with Crippen LogP contribution in [0.5, 0.6) is 0 Å². The Labute approximate surface area is 79.0 Å². The Morgan fingerprint density at radius 1 is 1.23 bits per heavy atom. The van der Waals surface area contributed by atoms with Gasteiger partial charge in [0.05, 0.1) is 0 Å². The summed E-state index contributed by atoms with van der Waals surface area (Å²) in [6, 6.07) is 5.49. The first kappa shape index (κ1) is 8.61. The molecule has 68 valence electrons. The van der Waals surface area contributed by atoms with Crippen LogP contribution in [0.15, 0.2) is 18.2 Å². The van der Waals surface area contributed by atoms with Crippen LogP contribution in [0.3, 0.4) is 0 Å². The topological polar surface area (TPSA) is 3.24 Å². The molecule has 1 heterocycles. The molecule has 1 aromatic carbocycles. The predicted molar refractivity (Wildman–Crippen MR) is 56.0 cm³/mol. The molecule has 0 N–H and O–H groups in total. The van der Waals surface area contributed by atoms with Gasteiger partial charge in [-0.2, -0.15) is 0 Å². The van der Waals surface area contributed by atoms with E-state index in [9.17, 15) is 4.39 Å². The van der Waals surface area contributed by atoms with Crippen molar-refractivity contribution >= 4 is 19.0 Å². The van der Waals surface area contributed by atoms with Gasteiger partial charge in [-0.15, -0.1) is 0 Å². The minimum atomic E-state index is -0.0931. The SMILES string of the molecule is Bc1ccc(N2CCCC2)cc1F. The highest BCUT2D eigenvalue weighted by molar-refractivity contribution is 6.32. The number of benzene rings is 1. The van der Waals surface area contributed by atoms with E-state index in [0.29, 0.717) is 0 Å². The van der Waals surface area contributed by atoms with Gasteiger partial charge in [0.25, 0.3) is 0 Å². The number of hydrogen-bond acceptors (Lipinski definition) is 1. The lowest BCUT2D eigenvalue weighted by molar-refractivity contribution is 0.635. The van der Waals surface area contributed by atoms with Gasteiger partial charge in [0, 0.05) is 18.8 Å². The van der Waals surface area contributed by atoms with E-state index in [-0.39, 0.29) is 5.82 Å². The van der Waals surface area contributed by atoms with Gasteiger partial charge >= 0.3 is 0 Å². The van der Waals surface area contributed by atoms with Gasteiger partial charge in [-0.25, -0.2) is 4.39 Å². The molecule has 1 aliphatic rings. The van der Waals surface area contributed by atoms with Gasteiger partial charge in [0.1, 0.15) is 13.7 Å². The van der Waals surface area contributed by atoms with Crippen LogP contribution in [0.2, 0.25) is 0 Å². The zero-order valence-electron chi connectivity index (χ0n) is 7.89. The highest BCUT2D eigenvalue weighted by Crippen LogP contribution is 2.19. The predicted octanol–water partition coefficient (Wildman–Crippen LogP) is 0.684. The van der Waals surface area contributed by atoms with Crippen molar-refractivity contribution in [2.75, 3.05) is 18.0 Å². The lowest BCUT2D eigenvalue weighted by Crippen LogP contribution is -2.19. The second-order valence-corrected chi connectivity index (χ2v) is 3.63. The maximum absolute atomic E-state index is 13.2. The van der Waals surface area contributed by atoms with Gasteiger partial charge < -0.3 is 4.90 Å². The summed E-state index contributed by atoms with van der Waals surface area (Å²) in [7, 11) is 1.79. The molecule has 1 fully saturated rings. The van der Waals surface area contributed by atoms with Crippen LogP contribution in [-0.2, 0) is 0 Å². The minimum Gasteiger partial charge on any atom is -0.371 e. The first-order valence-electron chi connectivity index (χ1n) is 4.78. The van der Waals surface area contributed by atoms with Crippen molar-refractivity contribution in [2.45, 2.75) is 12.8 Å². The molecule has 2 rings (SSSR count). The van der Waals surface area contributed by atoms with Crippen molar-refractivity contribution in [3.05, 3.63) is 24.0 Å². The molecule has 1 nitrogen and oxygen atoms in total. The lowest BCUT2D eigenvalue weighted by Gasteiger charge is -2.17. The van der Waals surface area contributed by atoms with E-state index in [1.807, 2.05) is 12.1 Å². The molecule has 0 aromatic heterocycles. The quantitative estimate of drug-likeness (QED) is 0.570. The fourth-order valence-electron chi connectivity index (χ4n) is 1.75. The molecule has 0 aliphatic carbocycles. The van der Waals surface area contributed by atoms with E-state index in [4.69, 9.17) is 0 Å². The second-order valence-electron chi connectivity index (χ2n) is 3.63. The van der Waals surface area contributed by atoms with Crippen molar-refractivity contribution in [1.29, 1.82) is 0 Å². The van der Waals surface area contributed by atoms with Crippen molar-refractivity contribution in [3.63, 3.8) is 0 Å². The zero-order chi connectivity index (χ0) is 9.26. The van der Waals surface area contributed by atoms with Crippen molar-refractivity contribution in [2.24, 2.45) is 0 Å². The summed E-state index contributed by atoms with van der Waals surface area (Å²) >= 11 is 0. The van der Waals surface area contributed by atoms with E-state index >= 15 is 0 Å². The summed E-state index contributed by atoms with van der Waals surface area (Å²) in [5, 5.41) is 0. The molecule has 1 aromatic rings. The second kappa shape index (κ2) is 3.40. The van der Waals surface area contributed by atoms with Gasteiger partial charge in [0.2, 0.25) is 0 Å². The van der Waals surface area contributed by atoms with Crippen molar-refractivity contribution < 1.29 is 4.39 Å². The standard InChI is InChI=1S/C10H13BFN/c11-9-4-3-8(7-10(9)12)13-5-1-2-6-13/h3-4,7H,1-2,5-6,11H2. The fraction of sp³-hybridized carbons (Fsp3) is 0.400. The number of hydrogen-bond donors (Lipinski definition) is 0. The number of nitrogens with zero attached hydrogens (tertiary/aromatic N) is 1. The molecule has 0 radical (unpaired) electrons. The molecule has 13 heavy (non-hydrogen) atoms. The Hall–Kier alpha value is -0.985. The van der Waals surface area contributed by atoms with Crippen LogP contribution < -0.4 is 10.4 Å². The number of rotatable bonds is 1. The van der Waals surface area contributed by atoms with Crippen LogP contribution in [0, 0.1) is 5.82 Å². The Morgan fingerprint density at radius 2 is 1.92 bits per heavy atom. The van der Waals surface area contributed by atoms with E-state index in [0.717, 1.165) is 24.2 Å². The van der Waals surface area contributed by atoms with Crippen LogP contribution in [-0.4, -0.2) is 20.9 Å². The molecule has 0 saturated carbocycles. The van der Waals surface area contributed by atoms with Crippen molar-refractivity contribution in [3.8, 4) is 0 Å². The maximum Gasteiger partial charge on any atom is 0.143 e. The molecule has 0 bridgehead atoms. The highest BCUT2D eigenvalue weighted by Gasteiger charge is 2.12. The normalized spacial score (nSPS) is 16.5. The largest absolute Gasteiger partial charge is 0.371 e. The molecular formula is C10H13BFN. The third-order valence-corrected chi connectivity index (χ3v) is 2.63. The zero-order valence-corrected chi connectivity index (χ0v) is 7.89. The van der Waals surface area contributed by atoms with E-state index in [2.05, 4.69) is 4.90 Å². The maximum atomic E-state index is 13.2. The smallest absolute Gasteiger partial charge is 0.143 e. The number of halogens is 1. The first-order valence-corrected chi connectivity index (χ1v) is 4.78. The Bertz CT molecular complexity index is 308. The Morgan fingerprint density at radius 3 is 2.54 bits per heavy atom. The third-order valence-electron chi connectivity index (χ3n) is 2.63. The molecule has 0 spiro atoms. The minimum absolute atomic E-state index is 0.0931. The van der Waals surface area contributed by atoms with E-state index in [1.165, 1.54) is 12.8 Å². The lowest BCUT2D eigenvalue weighted by atomic mass is 9.95. The summed E-state index contributed by atoms with van der Waals surface area (Å²) < 4.78 is 13.2. The van der Waals surface area contributed by atoms with Gasteiger partial charge in [0.15, 0.2) is 0 Å². The van der Waals surface area contributed by atoms with Crippen LogP contribution >= 0.6 is 0 Å². The monoisotopic (exact) mass is 177 g/mol. The third kappa shape index (κ3) is 1.69. The summed E-state index contributed by atoms with van der Waals surface area (Å²) in [6.45, 7) is 2.14. The number of anilines is 1. The summed E-state index contributed by atoms with van der Waals surface area (Å²) in [5.41, 5.74) is 1.75.